The van der Waals surface area contributed by atoms with Gasteiger partial charge < -0.3 is 9.47 Å². The van der Waals surface area contributed by atoms with Crippen molar-refractivity contribution >= 4 is 17.3 Å². The number of hydrogen-bond donors (Lipinski definition) is 0. The lowest BCUT2D eigenvalue weighted by Gasteiger charge is -2.56. The highest BCUT2D eigenvalue weighted by atomic mass is 16.5. The van der Waals surface area contributed by atoms with E-state index in [2.05, 4.69) is 55.4 Å². The van der Waals surface area contributed by atoms with Crippen molar-refractivity contribution in [2.75, 3.05) is 0 Å². The SMILES string of the molecule is CCC(=O)c1c2c(c(C)c3c1C(=O)c1cccc(C)c1C3=O)C(O[C@@H]1CC3CC4C(CC(C)C(O[C@H]5CCC(C)C(C)C5)C4C)CC3C(C(C)C)C1)CC(C)(C)C2. The highest BCUT2D eigenvalue weighted by Crippen LogP contribution is 2.58. The highest BCUT2D eigenvalue weighted by molar-refractivity contribution is 6.32. The van der Waals surface area contributed by atoms with Gasteiger partial charge in [-0.1, -0.05) is 80.5 Å². The quantitative estimate of drug-likeness (QED) is 0.224. The third-order valence-electron chi connectivity index (χ3n) is 17.0. The lowest BCUT2D eigenvalue weighted by molar-refractivity contribution is -0.156. The van der Waals surface area contributed by atoms with Gasteiger partial charge in [-0.15, -0.1) is 0 Å². The van der Waals surface area contributed by atoms with E-state index >= 15 is 0 Å². The zero-order chi connectivity index (χ0) is 40.8. The normalized spacial score (nSPS) is 37.2. The molecule has 6 aliphatic rings. The summed E-state index contributed by atoms with van der Waals surface area (Å²) < 4.78 is 14.6. The van der Waals surface area contributed by atoms with Crippen molar-refractivity contribution in [2.24, 2.45) is 64.6 Å². The standard InChI is InChI=1S/C52H72O5/c1-12-42(53)47-41-24-52(10,11)25-43(45(41)32(9)46-48(47)49(54)37-15-13-14-28(5)44(37)50(46)55)56-36-20-34-21-39-31(8)51(57-35-17-16-27(4)29(6)19-35)30(7)18-33(39)22-40(34)38(23-36)26(2)3/h13-15,26-27,29-31,33-36,38-40,43,51H,12,16-25H2,1-11H3/t27?,29?,30?,31?,33?,34?,35-,36+,38?,39?,40?,43?,51?/m0/s1. The molecule has 0 amide bonds. The Morgan fingerprint density at radius 3 is 2.21 bits per heavy atom. The van der Waals surface area contributed by atoms with E-state index in [-0.39, 0.29) is 41.4 Å². The van der Waals surface area contributed by atoms with E-state index in [4.69, 9.17) is 9.47 Å². The van der Waals surface area contributed by atoms with Crippen LogP contribution >= 0.6 is 0 Å². The van der Waals surface area contributed by atoms with Crippen LogP contribution in [-0.2, 0) is 15.9 Å². The van der Waals surface area contributed by atoms with Crippen molar-refractivity contribution in [1.82, 2.24) is 0 Å². The van der Waals surface area contributed by atoms with E-state index < -0.39 is 0 Å². The first-order valence-electron chi connectivity index (χ1n) is 23.2. The summed E-state index contributed by atoms with van der Waals surface area (Å²) in [7, 11) is 0. The number of hydrogen-bond acceptors (Lipinski definition) is 5. The zero-order valence-electron chi connectivity index (χ0n) is 37.1. The summed E-state index contributed by atoms with van der Waals surface area (Å²) in [5.41, 5.74) is 5.62. The predicted octanol–water partition coefficient (Wildman–Crippen LogP) is 12.3. The minimum Gasteiger partial charge on any atom is -0.374 e. The van der Waals surface area contributed by atoms with Crippen LogP contribution in [0.3, 0.4) is 0 Å². The Labute approximate surface area is 344 Å². The maximum absolute atomic E-state index is 14.6. The number of rotatable bonds is 7. The Kier molecular flexibility index (Phi) is 11.1. The van der Waals surface area contributed by atoms with Crippen molar-refractivity contribution in [3.8, 4) is 0 Å². The molecule has 0 spiro atoms. The molecule has 6 aliphatic carbocycles. The molecular formula is C52H72O5. The molecule has 2 aromatic carbocycles. The molecule has 5 nitrogen and oxygen atoms in total. The minimum absolute atomic E-state index is 0.0564. The average Bonchev–Trinajstić information content (AvgIpc) is 3.15. The van der Waals surface area contributed by atoms with Gasteiger partial charge in [0.05, 0.1) is 24.4 Å². The smallest absolute Gasteiger partial charge is 0.195 e. The van der Waals surface area contributed by atoms with Gasteiger partial charge in [-0.2, -0.15) is 0 Å². The molecule has 11 unspecified atom stereocenters. The molecule has 0 saturated heterocycles. The second-order valence-electron chi connectivity index (χ2n) is 21.6. The third kappa shape index (κ3) is 7.15. The number of ketones is 3. The van der Waals surface area contributed by atoms with Crippen molar-refractivity contribution in [2.45, 2.75) is 171 Å². The van der Waals surface area contributed by atoms with Gasteiger partial charge in [-0.05, 0) is 165 Å². The number of carbonyl (C=O) groups is 3. The Morgan fingerprint density at radius 2 is 1.51 bits per heavy atom. The van der Waals surface area contributed by atoms with Crippen LogP contribution in [0.25, 0.3) is 0 Å². The van der Waals surface area contributed by atoms with Crippen LogP contribution in [0.4, 0.5) is 0 Å². The molecule has 4 saturated carbocycles. The molecule has 4 fully saturated rings. The number of Topliss-reactive ketones (excluding diaryl/α,β-unsaturated/α-hetero) is 1. The third-order valence-corrected chi connectivity index (χ3v) is 17.0. The van der Waals surface area contributed by atoms with Crippen LogP contribution in [0.15, 0.2) is 18.2 Å². The molecule has 0 aromatic heterocycles. The Balaban J connectivity index is 1.11. The van der Waals surface area contributed by atoms with E-state index in [1.165, 1.54) is 38.5 Å². The Hall–Kier alpha value is -2.63. The van der Waals surface area contributed by atoms with E-state index in [1.807, 2.05) is 32.9 Å². The van der Waals surface area contributed by atoms with Crippen LogP contribution in [0.2, 0.25) is 0 Å². The second kappa shape index (κ2) is 15.4. The number of benzene rings is 2. The molecular weight excluding hydrogens is 705 g/mol. The van der Waals surface area contributed by atoms with Crippen molar-refractivity contribution < 1.29 is 23.9 Å². The van der Waals surface area contributed by atoms with Crippen molar-refractivity contribution in [3.63, 3.8) is 0 Å². The summed E-state index contributed by atoms with van der Waals surface area (Å²) in [5, 5.41) is 0. The van der Waals surface area contributed by atoms with Gasteiger partial charge in [0.25, 0.3) is 0 Å². The second-order valence-corrected chi connectivity index (χ2v) is 21.6. The minimum atomic E-state index is -0.239. The molecule has 0 aliphatic heterocycles. The van der Waals surface area contributed by atoms with E-state index in [0.717, 1.165) is 65.2 Å². The fraction of sp³-hybridized carbons (Fsp3) is 0.712. The summed E-state index contributed by atoms with van der Waals surface area (Å²) in [5.74, 6) is 6.36. The lowest BCUT2D eigenvalue weighted by atomic mass is 9.52. The number of carbonyl (C=O) groups excluding carboxylic acids is 3. The fourth-order valence-corrected chi connectivity index (χ4v) is 13.9. The van der Waals surface area contributed by atoms with Gasteiger partial charge in [-0.3, -0.25) is 14.4 Å². The Morgan fingerprint density at radius 1 is 0.789 bits per heavy atom. The van der Waals surface area contributed by atoms with Gasteiger partial charge in [0, 0.05) is 34.2 Å². The first-order valence-corrected chi connectivity index (χ1v) is 23.2. The molecule has 13 atom stereocenters. The van der Waals surface area contributed by atoms with Gasteiger partial charge in [0.1, 0.15) is 0 Å². The van der Waals surface area contributed by atoms with Gasteiger partial charge in [0.2, 0.25) is 0 Å². The highest BCUT2D eigenvalue weighted by Gasteiger charge is 2.52. The molecule has 310 valence electrons. The Bertz CT molecular complexity index is 1920. The van der Waals surface area contributed by atoms with Crippen LogP contribution in [0.5, 0.6) is 0 Å². The first kappa shape index (κ1) is 41.1. The number of ether oxygens (including phenoxy) is 2. The summed E-state index contributed by atoms with van der Waals surface area (Å²) in [6.07, 6.45) is 12.2. The molecule has 0 radical (unpaired) electrons. The van der Waals surface area contributed by atoms with Crippen molar-refractivity contribution in [3.05, 3.63) is 68.3 Å². The van der Waals surface area contributed by atoms with Gasteiger partial charge in [-0.25, -0.2) is 0 Å². The predicted molar refractivity (Wildman–Crippen MR) is 228 cm³/mol. The number of fused-ring (bicyclic) bond motifs is 5. The zero-order valence-corrected chi connectivity index (χ0v) is 37.1. The van der Waals surface area contributed by atoms with E-state index in [1.54, 1.807) is 6.07 Å². The largest absolute Gasteiger partial charge is 0.374 e. The topological polar surface area (TPSA) is 69.7 Å². The van der Waals surface area contributed by atoms with Crippen LogP contribution < -0.4 is 0 Å². The maximum atomic E-state index is 14.6. The van der Waals surface area contributed by atoms with Gasteiger partial charge in [0.15, 0.2) is 17.3 Å². The van der Waals surface area contributed by atoms with E-state index in [9.17, 15) is 14.4 Å². The average molecular weight is 777 g/mol. The molecule has 5 heteroatoms. The van der Waals surface area contributed by atoms with Crippen molar-refractivity contribution in [1.29, 1.82) is 0 Å². The monoisotopic (exact) mass is 777 g/mol. The summed E-state index contributed by atoms with van der Waals surface area (Å²) in [6.45, 7) is 25.1. The molecule has 0 N–H and O–H groups in total. The molecule has 8 rings (SSSR count). The maximum Gasteiger partial charge on any atom is 0.195 e. The lowest BCUT2D eigenvalue weighted by Crippen LogP contribution is -2.52. The summed E-state index contributed by atoms with van der Waals surface area (Å²) in [4.78, 5) is 43.1. The summed E-state index contributed by atoms with van der Waals surface area (Å²) in [6, 6.07) is 5.50. The first-order chi connectivity index (χ1) is 27.0. The van der Waals surface area contributed by atoms with Crippen LogP contribution in [0, 0.1) is 78.4 Å². The molecule has 2 aromatic rings. The summed E-state index contributed by atoms with van der Waals surface area (Å²) >= 11 is 0. The van der Waals surface area contributed by atoms with Crippen LogP contribution in [-0.4, -0.2) is 35.7 Å². The molecule has 0 bridgehead atoms. The van der Waals surface area contributed by atoms with Crippen LogP contribution in [0.1, 0.15) is 197 Å². The number of aryl methyl sites for hydroxylation is 1. The van der Waals surface area contributed by atoms with Gasteiger partial charge >= 0.3 is 0 Å². The van der Waals surface area contributed by atoms with E-state index in [0.29, 0.717) is 82.0 Å². The fourth-order valence-electron chi connectivity index (χ4n) is 13.9. The molecule has 57 heavy (non-hydrogen) atoms. The molecule has 0 heterocycles.